The van der Waals surface area contributed by atoms with Crippen molar-refractivity contribution in [3.63, 3.8) is 0 Å². The Morgan fingerprint density at radius 1 is 0.983 bits per heavy atom. The molecule has 0 unspecified atom stereocenters. The fourth-order valence-electron chi connectivity index (χ4n) is 7.57. The van der Waals surface area contributed by atoms with Gasteiger partial charge in [0.25, 0.3) is 17.5 Å². The van der Waals surface area contributed by atoms with Gasteiger partial charge in [-0.15, -0.1) is 23.5 Å². The molecule has 15 nitrogen and oxygen atoms in total. The lowest BCUT2D eigenvalue weighted by Crippen LogP contribution is -2.41. The average molecular weight is 836 g/mol. The number of nitrogens with one attached hydrogen (secondary N) is 2. The molecule has 310 valence electrons. The maximum atomic E-state index is 13.9. The number of nitro groups is 1. The van der Waals surface area contributed by atoms with Crippen molar-refractivity contribution in [2.24, 2.45) is 0 Å². The SMILES string of the molecule is CCSC(SCC)[C@@H]1CCCN1C(=O)c1cc(OC)c(OCCCC(=O)N[C@H]2C[C@H]3C(=O)Nc4cc(OCc5ccccc5)c(OC)cc4C(=O)N3C2)cc1[N+](=O)[O-]. The molecule has 3 aromatic carbocycles. The van der Waals surface area contributed by atoms with Crippen molar-refractivity contribution in [2.75, 3.05) is 50.7 Å². The molecule has 58 heavy (non-hydrogen) atoms. The van der Waals surface area contributed by atoms with Gasteiger partial charge in [-0.3, -0.25) is 29.3 Å². The van der Waals surface area contributed by atoms with Crippen molar-refractivity contribution in [3.8, 4) is 23.0 Å². The van der Waals surface area contributed by atoms with E-state index in [0.717, 1.165) is 29.9 Å². The molecule has 0 spiro atoms. The van der Waals surface area contributed by atoms with Gasteiger partial charge in [0.15, 0.2) is 23.0 Å². The number of hydrogen-bond donors (Lipinski definition) is 2. The van der Waals surface area contributed by atoms with E-state index in [-0.39, 0.29) is 95.7 Å². The van der Waals surface area contributed by atoms with Gasteiger partial charge < -0.3 is 39.4 Å². The Kier molecular flexibility index (Phi) is 14.3. The summed E-state index contributed by atoms with van der Waals surface area (Å²) in [7, 11) is 2.88. The van der Waals surface area contributed by atoms with Gasteiger partial charge in [-0.25, -0.2) is 0 Å². The van der Waals surface area contributed by atoms with Crippen LogP contribution in [0.15, 0.2) is 54.6 Å². The van der Waals surface area contributed by atoms with Gasteiger partial charge in [0.05, 0.1) is 53.7 Å². The number of nitrogens with zero attached hydrogens (tertiary/aromatic N) is 3. The minimum absolute atomic E-state index is 0.0303. The van der Waals surface area contributed by atoms with Gasteiger partial charge in [-0.2, -0.15) is 0 Å². The number of hydrogen-bond acceptors (Lipinski definition) is 12. The molecule has 0 bridgehead atoms. The number of fused-ring (bicyclic) bond motifs is 2. The maximum Gasteiger partial charge on any atom is 0.286 e. The Hall–Kier alpha value is -5.16. The lowest BCUT2D eigenvalue weighted by Gasteiger charge is -2.31. The molecule has 4 amide bonds. The largest absolute Gasteiger partial charge is 0.493 e. The Labute approximate surface area is 346 Å². The number of benzene rings is 3. The van der Waals surface area contributed by atoms with Gasteiger partial charge in [0, 0.05) is 37.7 Å². The number of rotatable bonds is 18. The summed E-state index contributed by atoms with van der Waals surface area (Å²) < 4.78 is 23.1. The third kappa shape index (κ3) is 9.58. The van der Waals surface area contributed by atoms with E-state index in [4.69, 9.17) is 18.9 Å². The normalized spacial score (nSPS) is 18.6. The van der Waals surface area contributed by atoms with Crippen LogP contribution in [0.2, 0.25) is 0 Å². The number of amides is 4. The predicted molar refractivity (Wildman–Crippen MR) is 222 cm³/mol. The van der Waals surface area contributed by atoms with Crippen molar-refractivity contribution in [1.82, 2.24) is 15.1 Å². The van der Waals surface area contributed by atoms with E-state index in [9.17, 15) is 29.3 Å². The Morgan fingerprint density at radius 2 is 1.69 bits per heavy atom. The van der Waals surface area contributed by atoms with E-state index >= 15 is 0 Å². The molecule has 3 aromatic rings. The maximum absolute atomic E-state index is 13.9. The number of nitro benzene ring substituents is 1. The Balaban J connectivity index is 1.04. The van der Waals surface area contributed by atoms with Crippen LogP contribution in [0, 0.1) is 10.1 Å². The monoisotopic (exact) mass is 835 g/mol. The standard InChI is InChI=1S/C41H49N5O10S2/c1-5-57-41(58-6-2)30-14-10-16-44(30)40(50)28-20-34(54-4)36(22-31(28)46(51)52)55-17-11-15-37(47)42-26-18-32-38(48)43-29-21-35(56-24-25-12-8-7-9-13-25)33(53-3)19-27(29)39(49)45(32)23-26/h7-9,12-13,19-22,26,30,32,41H,5-6,10-11,14-18,23-24H2,1-4H3,(H,42,47)(H,43,48)/t26-,30-,32-/m0/s1. The highest BCUT2D eigenvalue weighted by atomic mass is 32.2. The molecule has 6 rings (SSSR count). The summed E-state index contributed by atoms with van der Waals surface area (Å²) in [6.07, 6.45) is 2.19. The van der Waals surface area contributed by atoms with Crippen LogP contribution in [0.3, 0.4) is 0 Å². The van der Waals surface area contributed by atoms with Crippen LogP contribution in [0.1, 0.15) is 72.2 Å². The van der Waals surface area contributed by atoms with Crippen LogP contribution in [0.5, 0.6) is 23.0 Å². The highest BCUT2D eigenvalue weighted by Gasteiger charge is 2.44. The molecule has 3 atom stereocenters. The van der Waals surface area contributed by atoms with Gasteiger partial charge in [0.1, 0.15) is 18.2 Å². The number of anilines is 1. The molecule has 0 aliphatic carbocycles. The molecule has 2 fully saturated rings. The highest BCUT2D eigenvalue weighted by molar-refractivity contribution is 8.17. The minimum Gasteiger partial charge on any atom is -0.493 e. The molecule has 3 heterocycles. The molecule has 3 aliphatic heterocycles. The zero-order valence-electron chi connectivity index (χ0n) is 33.0. The minimum atomic E-state index is -0.797. The van der Waals surface area contributed by atoms with E-state index in [0.29, 0.717) is 23.7 Å². The number of likely N-dealkylation sites (tertiary alicyclic amines) is 1. The van der Waals surface area contributed by atoms with Crippen molar-refractivity contribution >= 4 is 58.5 Å². The fourth-order valence-corrected chi connectivity index (χ4v) is 10.4. The van der Waals surface area contributed by atoms with Gasteiger partial charge in [-0.1, -0.05) is 44.2 Å². The van der Waals surface area contributed by atoms with Crippen molar-refractivity contribution in [2.45, 2.75) is 75.3 Å². The van der Waals surface area contributed by atoms with Gasteiger partial charge in [0.2, 0.25) is 11.8 Å². The zero-order chi connectivity index (χ0) is 41.3. The molecule has 2 N–H and O–H groups in total. The van der Waals surface area contributed by atoms with E-state index in [2.05, 4.69) is 24.5 Å². The van der Waals surface area contributed by atoms with Crippen LogP contribution >= 0.6 is 23.5 Å². The Bertz CT molecular complexity index is 2000. The molecular formula is C41H49N5O10S2. The number of thioether (sulfide) groups is 2. The molecule has 0 saturated carbocycles. The van der Waals surface area contributed by atoms with E-state index in [1.165, 1.54) is 31.3 Å². The summed E-state index contributed by atoms with van der Waals surface area (Å²) in [5.41, 5.74) is 1.08. The van der Waals surface area contributed by atoms with Gasteiger partial charge >= 0.3 is 0 Å². The molecule has 0 radical (unpaired) electrons. The van der Waals surface area contributed by atoms with E-state index < -0.39 is 22.9 Å². The van der Waals surface area contributed by atoms with Crippen LogP contribution in [-0.2, 0) is 16.2 Å². The first-order valence-electron chi connectivity index (χ1n) is 19.4. The average Bonchev–Trinajstić information content (AvgIpc) is 3.87. The van der Waals surface area contributed by atoms with Crippen LogP contribution in [-0.4, -0.2) is 106 Å². The quantitative estimate of drug-likeness (QED) is 0.0649. The summed E-state index contributed by atoms with van der Waals surface area (Å²) in [4.78, 5) is 68.9. The first-order chi connectivity index (χ1) is 28.1. The molecule has 3 aliphatic rings. The first-order valence-corrected chi connectivity index (χ1v) is 21.5. The van der Waals surface area contributed by atoms with E-state index in [1.807, 2.05) is 30.3 Å². The van der Waals surface area contributed by atoms with Crippen molar-refractivity contribution in [1.29, 1.82) is 0 Å². The molecule has 17 heteroatoms. The second kappa shape index (κ2) is 19.5. The second-order valence-corrected chi connectivity index (χ2v) is 17.1. The van der Waals surface area contributed by atoms with Crippen LogP contribution in [0.25, 0.3) is 0 Å². The Morgan fingerprint density at radius 3 is 2.38 bits per heavy atom. The third-order valence-corrected chi connectivity index (χ3v) is 13.1. The zero-order valence-corrected chi connectivity index (χ0v) is 34.7. The highest BCUT2D eigenvalue weighted by Crippen LogP contribution is 2.40. The summed E-state index contributed by atoms with van der Waals surface area (Å²) in [5.74, 6) is 1.33. The summed E-state index contributed by atoms with van der Waals surface area (Å²) in [6.45, 7) is 5.11. The third-order valence-electron chi connectivity index (χ3n) is 10.3. The number of methoxy groups -OCH3 is 2. The number of carbonyl (C=O) groups excluding carboxylic acids is 4. The van der Waals surface area contributed by atoms with Crippen molar-refractivity contribution < 1.29 is 43.0 Å². The first kappa shape index (κ1) is 42.4. The molecule has 0 aromatic heterocycles. The van der Waals surface area contributed by atoms with Crippen LogP contribution in [0.4, 0.5) is 11.4 Å². The number of carbonyl (C=O) groups is 4. The smallest absolute Gasteiger partial charge is 0.286 e. The second-order valence-electron chi connectivity index (χ2n) is 14.0. The number of ether oxygens (including phenoxy) is 4. The predicted octanol–water partition coefficient (Wildman–Crippen LogP) is 6.14. The fraction of sp³-hybridized carbons (Fsp3) is 0.463. The lowest BCUT2D eigenvalue weighted by atomic mass is 10.1. The van der Waals surface area contributed by atoms with Crippen LogP contribution < -0.4 is 29.6 Å². The van der Waals surface area contributed by atoms with Crippen molar-refractivity contribution in [3.05, 3.63) is 81.4 Å². The summed E-state index contributed by atoms with van der Waals surface area (Å²) in [6, 6.07) is 14.0. The molecule has 2 saturated heterocycles. The topological polar surface area (TPSA) is 179 Å². The van der Waals surface area contributed by atoms with E-state index in [1.54, 1.807) is 40.6 Å². The lowest BCUT2D eigenvalue weighted by molar-refractivity contribution is -0.385. The van der Waals surface area contributed by atoms with Gasteiger partial charge in [-0.05, 0) is 48.8 Å². The molecular weight excluding hydrogens is 787 g/mol. The summed E-state index contributed by atoms with van der Waals surface area (Å²) >= 11 is 3.57. The summed E-state index contributed by atoms with van der Waals surface area (Å²) in [5, 5.41) is 18.0.